The Balaban J connectivity index is 1.68. The van der Waals surface area contributed by atoms with Crippen LogP contribution in [0, 0.1) is 22.7 Å². The highest BCUT2D eigenvalue weighted by Gasteiger charge is 2.76. The third kappa shape index (κ3) is 2.20. The lowest BCUT2D eigenvalue weighted by atomic mass is 9.99. The first-order valence-electron chi connectivity index (χ1n) is 7.72. The predicted molar refractivity (Wildman–Crippen MR) is 94.5 cm³/mol. The molecular weight excluding hydrogens is 359 g/mol. The zero-order valence-corrected chi connectivity index (χ0v) is 14.7. The van der Waals surface area contributed by atoms with Crippen LogP contribution in [0.1, 0.15) is 24.0 Å². The molecule has 1 aliphatic carbocycles. The number of carbonyl (C=O) groups is 2. The molecule has 2 aromatic rings. The Morgan fingerprint density at radius 3 is 2.12 bits per heavy atom. The van der Waals surface area contributed by atoms with Crippen LogP contribution in [-0.4, -0.2) is 11.8 Å². The van der Waals surface area contributed by atoms with Crippen molar-refractivity contribution in [3.05, 3.63) is 63.6 Å². The van der Waals surface area contributed by atoms with Gasteiger partial charge < -0.3 is 0 Å². The monoisotopic (exact) mass is 370 g/mol. The number of amides is 2. The van der Waals surface area contributed by atoms with Gasteiger partial charge in [-0.3, -0.25) is 9.59 Å². The Bertz CT molecular complexity index is 944. The average Bonchev–Trinajstić information content (AvgIpc) is 3.15. The minimum Gasteiger partial charge on any atom is -0.274 e. The summed E-state index contributed by atoms with van der Waals surface area (Å²) in [6.07, 6.45) is 0. The molecule has 0 radical (unpaired) electrons. The molecule has 0 aromatic heterocycles. The van der Waals surface area contributed by atoms with Crippen LogP contribution < -0.4 is 4.90 Å². The van der Waals surface area contributed by atoms with Gasteiger partial charge in [0, 0.05) is 16.0 Å². The normalized spacial score (nSPS) is 27.2. The summed E-state index contributed by atoms with van der Waals surface area (Å²) in [5.41, 5.74) is 1.09. The van der Waals surface area contributed by atoms with Gasteiger partial charge in [0.25, 0.3) is 0 Å². The summed E-state index contributed by atoms with van der Waals surface area (Å²) in [6.45, 7) is 1.81. The summed E-state index contributed by atoms with van der Waals surface area (Å²) >= 11 is 12.0. The first-order chi connectivity index (χ1) is 11.9. The number of imide groups is 1. The molecule has 3 atom stereocenters. The van der Waals surface area contributed by atoms with E-state index < -0.39 is 11.3 Å². The second-order valence-electron chi connectivity index (χ2n) is 6.58. The SMILES string of the molecule is C[C@]12C(=O)N(c3cc(Cl)cc(Cl)c3)C(=O)[C@H]1[C@@H]2c1ccc(C#N)cc1. The second-order valence-corrected chi connectivity index (χ2v) is 7.45. The summed E-state index contributed by atoms with van der Waals surface area (Å²) in [6, 6.07) is 13.8. The summed E-state index contributed by atoms with van der Waals surface area (Å²) in [7, 11) is 0. The molecule has 0 unspecified atom stereocenters. The van der Waals surface area contributed by atoms with E-state index >= 15 is 0 Å². The van der Waals surface area contributed by atoms with Gasteiger partial charge in [0.15, 0.2) is 0 Å². The number of nitriles is 1. The Kier molecular flexibility index (Phi) is 3.44. The maximum atomic E-state index is 13.0. The van der Waals surface area contributed by atoms with Crippen LogP contribution >= 0.6 is 23.2 Å². The minimum absolute atomic E-state index is 0.161. The van der Waals surface area contributed by atoms with E-state index in [0.717, 1.165) is 5.56 Å². The first-order valence-corrected chi connectivity index (χ1v) is 8.48. The van der Waals surface area contributed by atoms with Crippen LogP contribution in [0.2, 0.25) is 10.0 Å². The van der Waals surface area contributed by atoms with Crippen LogP contribution in [0.4, 0.5) is 5.69 Å². The van der Waals surface area contributed by atoms with Crippen LogP contribution in [-0.2, 0) is 9.59 Å². The Labute approximate surface area is 154 Å². The molecule has 1 aliphatic heterocycles. The molecule has 1 saturated heterocycles. The summed E-state index contributed by atoms with van der Waals surface area (Å²) in [4.78, 5) is 27.0. The number of carbonyl (C=O) groups excluding carboxylic acids is 2. The van der Waals surface area contributed by atoms with Crippen molar-refractivity contribution in [2.75, 3.05) is 4.90 Å². The average molecular weight is 371 g/mol. The molecular formula is C19H12Cl2N2O2. The zero-order chi connectivity index (χ0) is 17.9. The fourth-order valence-electron chi connectivity index (χ4n) is 3.87. The van der Waals surface area contributed by atoms with Gasteiger partial charge >= 0.3 is 0 Å². The van der Waals surface area contributed by atoms with Gasteiger partial charge in [-0.05, 0) is 42.8 Å². The largest absolute Gasteiger partial charge is 0.274 e. The van der Waals surface area contributed by atoms with E-state index in [4.69, 9.17) is 28.5 Å². The van der Waals surface area contributed by atoms with Crippen LogP contribution in [0.5, 0.6) is 0 Å². The van der Waals surface area contributed by atoms with Crippen molar-refractivity contribution < 1.29 is 9.59 Å². The van der Waals surface area contributed by atoms with Gasteiger partial charge in [0.1, 0.15) is 0 Å². The minimum atomic E-state index is -0.764. The number of benzene rings is 2. The van der Waals surface area contributed by atoms with Gasteiger partial charge in [-0.15, -0.1) is 0 Å². The Morgan fingerprint density at radius 1 is 1.04 bits per heavy atom. The molecule has 124 valence electrons. The van der Waals surface area contributed by atoms with E-state index in [-0.39, 0.29) is 17.7 Å². The molecule has 1 heterocycles. The molecule has 2 amide bonds. The highest BCUT2D eigenvalue weighted by atomic mass is 35.5. The van der Waals surface area contributed by atoms with Crippen LogP contribution in [0.15, 0.2) is 42.5 Å². The molecule has 2 aromatic carbocycles. The van der Waals surface area contributed by atoms with Gasteiger partial charge in [0.2, 0.25) is 11.8 Å². The van der Waals surface area contributed by atoms with Gasteiger partial charge in [-0.1, -0.05) is 35.3 Å². The molecule has 2 aliphatic rings. The number of halogens is 2. The lowest BCUT2D eigenvalue weighted by Gasteiger charge is -2.21. The standard InChI is InChI=1S/C19H12Cl2N2O2/c1-19-15(11-4-2-10(9-22)3-5-11)16(19)17(24)23(18(19)25)14-7-12(20)6-13(21)8-14/h2-8,15-16H,1H3/t15-,16+,19+/m0/s1. The van der Waals surface area contributed by atoms with Crippen molar-refractivity contribution in [1.29, 1.82) is 5.26 Å². The molecule has 6 heteroatoms. The number of anilines is 1. The fraction of sp³-hybridized carbons (Fsp3) is 0.211. The lowest BCUT2D eigenvalue weighted by Crippen LogP contribution is -2.36. The predicted octanol–water partition coefficient (Wildman–Crippen LogP) is 4.16. The maximum Gasteiger partial charge on any atom is 0.241 e. The third-order valence-corrected chi connectivity index (χ3v) is 5.61. The van der Waals surface area contributed by atoms with E-state index in [1.807, 2.05) is 19.1 Å². The van der Waals surface area contributed by atoms with Gasteiger partial charge in [-0.2, -0.15) is 5.26 Å². The molecule has 1 saturated carbocycles. The molecule has 4 rings (SSSR count). The third-order valence-electron chi connectivity index (χ3n) is 5.17. The van der Waals surface area contributed by atoms with Crippen molar-refractivity contribution >= 4 is 40.7 Å². The summed E-state index contributed by atoms with van der Waals surface area (Å²) in [5.74, 6) is -1.03. The van der Waals surface area contributed by atoms with E-state index in [1.165, 1.54) is 4.90 Å². The smallest absolute Gasteiger partial charge is 0.241 e. The molecule has 2 fully saturated rings. The van der Waals surface area contributed by atoms with Crippen molar-refractivity contribution in [3.8, 4) is 6.07 Å². The number of fused-ring (bicyclic) bond motifs is 1. The number of nitrogens with zero attached hydrogens (tertiary/aromatic N) is 2. The van der Waals surface area contributed by atoms with Crippen LogP contribution in [0.3, 0.4) is 0 Å². The van der Waals surface area contributed by atoms with E-state index in [1.54, 1.807) is 30.3 Å². The molecule has 0 spiro atoms. The number of hydrogen-bond acceptors (Lipinski definition) is 3. The highest BCUT2D eigenvalue weighted by molar-refractivity contribution is 6.36. The second kappa shape index (κ2) is 5.32. The first kappa shape index (κ1) is 16.1. The van der Waals surface area contributed by atoms with E-state index in [0.29, 0.717) is 21.3 Å². The maximum absolute atomic E-state index is 13.0. The van der Waals surface area contributed by atoms with Crippen molar-refractivity contribution in [2.24, 2.45) is 11.3 Å². The topological polar surface area (TPSA) is 61.2 Å². The number of piperidine rings is 1. The van der Waals surface area contributed by atoms with Gasteiger partial charge in [-0.25, -0.2) is 4.90 Å². The molecule has 0 bridgehead atoms. The van der Waals surface area contributed by atoms with Crippen molar-refractivity contribution in [3.63, 3.8) is 0 Å². The highest BCUT2D eigenvalue weighted by Crippen LogP contribution is 2.69. The lowest BCUT2D eigenvalue weighted by molar-refractivity contribution is -0.125. The Hall–Kier alpha value is -2.35. The molecule has 25 heavy (non-hydrogen) atoms. The zero-order valence-electron chi connectivity index (χ0n) is 13.2. The van der Waals surface area contributed by atoms with E-state index in [9.17, 15) is 9.59 Å². The summed E-state index contributed by atoms with van der Waals surface area (Å²) < 4.78 is 0. The van der Waals surface area contributed by atoms with E-state index in [2.05, 4.69) is 6.07 Å². The molecule has 4 nitrogen and oxygen atoms in total. The van der Waals surface area contributed by atoms with Gasteiger partial charge in [0.05, 0.1) is 28.7 Å². The number of hydrogen-bond donors (Lipinski definition) is 0. The molecule has 0 N–H and O–H groups in total. The van der Waals surface area contributed by atoms with Crippen LogP contribution in [0.25, 0.3) is 0 Å². The summed E-state index contributed by atoms with van der Waals surface area (Å²) in [5, 5.41) is 9.64. The van der Waals surface area contributed by atoms with Crippen molar-refractivity contribution in [2.45, 2.75) is 12.8 Å². The number of rotatable bonds is 2. The van der Waals surface area contributed by atoms with Crippen molar-refractivity contribution in [1.82, 2.24) is 0 Å². The fourth-order valence-corrected chi connectivity index (χ4v) is 4.39. The quantitative estimate of drug-likeness (QED) is 0.745. The Morgan fingerprint density at radius 2 is 1.64 bits per heavy atom.